The summed E-state index contributed by atoms with van der Waals surface area (Å²) in [7, 11) is 5.23. The minimum Gasteiger partial charge on any atom is -0.497 e. The van der Waals surface area contributed by atoms with Gasteiger partial charge in [0.15, 0.2) is 0 Å². The predicted octanol–water partition coefficient (Wildman–Crippen LogP) is 3.74. The first-order valence-corrected chi connectivity index (χ1v) is 6.72. The van der Waals surface area contributed by atoms with Crippen molar-refractivity contribution in [1.29, 1.82) is 0 Å². The number of benzene rings is 2. The molecule has 0 fully saturated rings. The van der Waals surface area contributed by atoms with Crippen molar-refractivity contribution in [3.8, 4) is 22.6 Å². The van der Waals surface area contributed by atoms with Crippen LogP contribution in [0.15, 0.2) is 36.4 Å². The molecule has 0 aliphatic heterocycles. The molecule has 0 amide bonds. The Morgan fingerprint density at radius 1 is 1.00 bits per heavy atom. The van der Waals surface area contributed by atoms with Gasteiger partial charge >= 0.3 is 0 Å². The molecule has 0 aromatic heterocycles. The Kier molecular flexibility index (Phi) is 4.88. The van der Waals surface area contributed by atoms with Crippen molar-refractivity contribution in [2.75, 3.05) is 21.3 Å². The average molecular weight is 292 g/mol. The van der Waals surface area contributed by atoms with Crippen LogP contribution in [0, 0.1) is 0 Å². The van der Waals surface area contributed by atoms with Crippen molar-refractivity contribution in [3.63, 3.8) is 0 Å². The SMILES string of the molecule is CNCc1ccc(Cl)cc1-c1cc(OC)ccc1OC. The maximum atomic E-state index is 6.14. The zero-order valence-electron chi connectivity index (χ0n) is 11.9. The lowest BCUT2D eigenvalue weighted by molar-refractivity contribution is 0.404. The number of hydrogen-bond donors (Lipinski definition) is 1. The van der Waals surface area contributed by atoms with Crippen molar-refractivity contribution >= 4 is 11.6 Å². The third kappa shape index (κ3) is 3.06. The number of halogens is 1. The molecule has 0 saturated carbocycles. The molecule has 2 aromatic carbocycles. The highest BCUT2D eigenvalue weighted by Crippen LogP contribution is 2.36. The van der Waals surface area contributed by atoms with Gasteiger partial charge in [0.05, 0.1) is 14.2 Å². The van der Waals surface area contributed by atoms with Crippen LogP contribution < -0.4 is 14.8 Å². The Bertz CT molecular complexity index is 599. The summed E-state index contributed by atoms with van der Waals surface area (Å²) in [5, 5.41) is 3.86. The molecule has 20 heavy (non-hydrogen) atoms. The lowest BCUT2D eigenvalue weighted by Crippen LogP contribution is -2.06. The molecule has 0 bridgehead atoms. The second-order valence-corrected chi connectivity index (χ2v) is 4.83. The van der Waals surface area contributed by atoms with E-state index < -0.39 is 0 Å². The first-order chi connectivity index (χ1) is 9.69. The van der Waals surface area contributed by atoms with Gasteiger partial charge in [0.25, 0.3) is 0 Å². The molecule has 4 heteroatoms. The van der Waals surface area contributed by atoms with E-state index in [1.54, 1.807) is 14.2 Å². The van der Waals surface area contributed by atoms with Crippen LogP contribution in [0.4, 0.5) is 0 Å². The van der Waals surface area contributed by atoms with E-state index in [-0.39, 0.29) is 0 Å². The van der Waals surface area contributed by atoms with Crippen LogP contribution in [0.25, 0.3) is 11.1 Å². The number of nitrogens with one attached hydrogen (secondary N) is 1. The van der Waals surface area contributed by atoms with Gasteiger partial charge in [-0.2, -0.15) is 0 Å². The van der Waals surface area contributed by atoms with Crippen molar-refractivity contribution in [2.45, 2.75) is 6.54 Å². The maximum absolute atomic E-state index is 6.14. The zero-order chi connectivity index (χ0) is 14.5. The highest BCUT2D eigenvalue weighted by Gasteiger charge is 2.12. The summed E-state index contributed by atoms with van der Waals surface area (Å²) in [6, 6.07) is 11.6. The second kappa shape index (κ2) is 6.64. The third-order valence-electron chi connectivity index (χ3n) is 3.14. The van der Waals surface area contributed by atoms with E-state index in [0.29, 0.717) is 5.02 Å². The second-order valence-electron chi connectivity index (χ2n) is 4.40. The monoisotopic (exact) mass is 291 g/mol. The van der Waals surface area contributed by atoms with Crippen LogP contribution >= 0.6 is 11.6 Å². The standard InChI is InChI=1S/C16H18ClNO2/c1-18-10-11-4-5-12(17)8-14(11)15-9-13(19-2)6-7-16(15)20-3/h4-9,18H,10H2,1-3H3. The van der Waals surface area contributed by atoms with Gasteiger partial charge in [-0.3, -0.25) is 0 Å². The van der Waals surface area contributed by atoms with Gasteiger partial charge in [-0.15, -0.1) is 0 Å². The van der Waals surface area contributed by atoms with Gasteiger partial charge in [0.2, 0.25) is 0 Å². The first-order valence-electron chi connectivity index (χ1n) is 6.35. The van der Waals surface area contributed by atoms with Crippen LogP contribution in [0.5, 0.6) is 11.5 Å². The number of hydrogen-bond acceptors (Lipinski definition) is 3. The first kappa shape index (κ1) is 14.7. The minimum absolute atomic E-state index is 0.699. The Labute approximate surface area is 124 Å². The van der Waals surface area contributed by atoms with Gasteiger partial charge in [0.1, 0.15) is 11.5 Å². The lowest BCUT2D eigenvalue weighted by Gasteiger charge is -2.14. The van der Waals surface area contributed by atoms with Crippen LogP contribution in [-0.2, 0) is 6.54 Å². The van der Waals surface area contributed by atoms with E-state index in [2.05, 4.69) is 5.32 Å². The summed E-state index contributed by atoms with van der Waals surface area (Å²) in [4.78, 5) is 0. The van der Waals surface area contributed by atoms with Crippen LogP contribution in [0.3, 0.4) is 0 Å². The average Bonchev–Trinajstić information content (AvgIpc) is 2.48. The van der Waals surface area contributed by atoms with Crippen molar-refractivity contribution < 1.29 is 9.47 Å². The molecule has 0 spiro atoms. The minimum atomic E-state index is 0.699. The number of methoxy groups -OCH3 is 2. The Morgan fingerprint density at radius 2 is 1.80 bits per heavy atom. The molecule has 2 rings (SSSR count). The molecule has 3 nitrogen and oxygen atoms in total. The molecule has 0 atom stereocenters. The Morgan fingerprint density at radius 3 is 2.45 bits per heavy atom. The fourth-order valence-electron chi connectivity index (χ4n) is 2.17. The van der Waals surface area contributed by atoms with Gasteiger partial charge in [-0.05, 0) is 48.5 Å². The molecule has 0 radical (unpaired) electrons. The zero-order valence-corrected chi connectivity index (χ0v) is 12.6. The van der Waals surface area contributed by atoms with Crippen LogP contribution in [0.1, 0.15) is 5.56 Å². The maximum Gasteiger partial charge on any atom is 0.126 e. The summed E-state index contributed by atoms with van der Waals surface area (Å²) >= 11 is 6.14. The molecular weight excluding hydrogens is 274 g/mol. The summed E-state index contributed by atoms with van der Waals surface area (Å²) in [6.07, 6.45) is 0. The Balaban J connectivity index is 2.62. The smallest absolute Gasteiger partial charge is 0.126 e. The number of rotatable bonds is 5. The van der Waals surface area contributed by atoms with E-state index >= 15 is 0 Å². The van der Waals surface area contributed by atoms with Crippen molar-refractivity contribution in [1.82, 2.24) is 5.32 Å². The molecular formula is C16H18ClNO2. The fourth-order valence-corrected chi connectivity index (χ4v) is 2.34. The van der Waals surface area contributed by atoms with Crippen molar-refractivity contribution in [3.05, 3.63) is 47.0 Å². The molecule has 0 aliphatic carbocycles. The van der Waals surface area contributed by atoms with E-state index in [9.17, 15) is 0 Å². The quantitative estimate of drug-likeness (QED) is 0.910. The van der Waals surface area contributed by atoms with Crippen molar-refractivity contribution in [2.24, 2.45) is 0 Å². The van der Waals surface area contributed by atoms with Gasteiger partial charge in [0, 0.05) is 17.1 Å². The number of ether oxygens (including phenoxy) is 2. The van der Waals surface area contributed by atoms with E-state index in [0.717, 1.165) is 34.7 Å². The van der Waals surface area contributed by atoms with Gasteiger partial charge < -0.3 is 14.8 Å². The summed E-state index contributed by atoms with van der Waals surface area (Å²) < 4.78 is 10.8. The molecule has 0 aliphatic rings. The molecule has 1 N–H and O–H groups in total. The molecule has 0 heterocycles. The van der Waals surface area contributed by atoms with Gasteiger partial charge in [-0.25, -0.2) is 0 Å². The van der Waals surface area contributed by atoms with Crippen LogP contribution in [0.2, 0.25) is 5.02 Å². The van der Waals surface area contributed by atoms with E-state index in [1.807, 2.05) is 43.4 Å². The molecule has 0 saturated heterocycles. The largest absolute Gasteiger partial charge is 0.497 e. The third-order valence-corrected chi connectivity index (χ3v) is 3.37. The Hall–Kier alpha value is -1.71. The predicted molar refractivity (Wildman–Crippen MR) is 82.8 cm³/mol. The highest BCUT2D eigenvalue weighted by molar-refractivity contribution is 6.30. The summed E-state index contributed by atoms with van der Waals surface area (Å²) in [5.74, 6) is 1.58. The normalized spacial score (nSPS) is 10.4. The molecule has 0 unspecified atom stereocenters. The van der Waals surface area contributed by atoms with E-state index in [1.165, 1.54) is 0 Å². The highest BCUT2D eigenvalue weighted by atomic mass is 35.5. The molecule has 106 valence electrons. The fraction of sp³-hybridized carbons (Fsp3) is 0.250. The lowest BCUT2D eigenvalue weighted by atomic mass is 9.98. The summed E-state index contributed by atoms with van der Waals surface area (Å²) in [5.41, 5.74) is 3.17. The summed E-state index contributed by atoms with van der Waals surface area (Å²) in [6.45, 7) is 0.757. The van der Waals surface area contributed by atoms with E-state index in [4.69, 9.17) is 21.1 Å². The van der Waals surface area contributed by atoms with Crippen LogP contribution in [-0.4, -0.2) is 21.3 Å². The topological polar surface area (TPSA) is 30.5 Å². The van der Waals surface area contributed by atoms with Gasteiger partial charge in [-0.1, -0.05) is 17.7 Å². The molecule has 2 aromatic rings.